The van der Waals surface area contributed by atoms with Crippen LogP contribution in [0, 0.1) is 10.1 Å². The first-order valence-electron chi connectivity index (χ1n) is 10.0. The van der Waals surface area contributed by atoms with E-state index in [9.17, 15) is 10.1 Å². The monoisotopic (exact) mass is 419 g/mol. The lowest BCUT2D eigenvalue weighted by atomic mass is 10.0. The Morgan fingerprint density at radius 3 is 1.94 bits per heavy atom. The third kappa shape index (κ3) is 3.65. The second-order valence-corrected chi connectivity index (χ2v) is 7.16. The standard InChI is InChI=1S/C26H17N3O3/c30-29(31)23-14-8-7-13-20(23)24-15-16-25(32-24)21-17-22(18-9-3-1-4-10-18)27-28-26(21)19-11-5-2-6-12-19/h1-17H. The van der Waals surface area contributed by atoms with E-state index in [-0.39, 0.29) is 5.69 Å². The zero-order valence-electron chi connectivity index (χ0n) is 16.9. The normalized spacial score (nSPS) is 10.8. The minimum absolute atomic E-state index is 0.00508. The first kappa shape index (κ1) is 19.4. The maximum Gasteiger partial charge on any atom is 0.280 e. The van der Waals surface area contributed by atoms with E-state index in [1.807, 2.05) is 72.8 Å². The molecule has 6 nitrogen and oxygen atoms in total. The maximum absolute atomic E-state index is 11.5. The van der Waals surface area contributed by atoms with Gasteiger partial charge in [-0.3, -0.25) is 10.1 Å². The van der Waals surface area contributed by atoms with Crippen molar-refractivity contribution in [2.45, 2.75) is 0 Å². The molecule has 0 amide bonds. The molecular weight excluding hydrogens is 402 g/mol. The van der Waals surface area contributed by atoms with Crippen molar-refractivity contribution in [1.82, 2.24) is 10.2 Å². The first-order valence-corrected chi connectivity index (χ1v) is 10.0. The van der Waals surface area contributed by atoms with E-state index in [4.69, 9.17) is 4.42 Å². The second kappa shape index (κ2) is 8.28. The molecule has 0 aliphatic rings. The molecule has 0 atom stereocenters. The van der Waals surface area contributed by atoms with Gasteiger partial charge >= 0.3 is 0 Å². The molecule has 0 aliphatic carbocycles. The van der Waals surface area contributed by atoms with Gasteiger partial charge in [0, 0.05) is 22.8 Å². The molecule has 0 radical (unpaired) electrons. The molecule has 0 saturated heterocycles. The zero-order valence-corrected chi connectivity index (χ0v) is 16.9. The largest absolute Gasteiger partial charge is 0.456 e. The number of hydrogen-bond donors (Lipinski definition) is 0. The SMILES string of the molecule is O=[N+]([O-])c1ccccc1-c1ccc(-c2cc(-c3ccccc3)nnc2-c2ccccc2)o1. The fourth-order valence-electron chi connectivity index (χ4n) is 3.61. The van der Waals surface area contributed by atoms with Crippen molar-refractivity contribution in [3.63, 3.8) is 0 Å². The molecule has 6 heteroatoms. The molecule has 154 valence electrons. The Morgan fingerprint density at radius 2 is 1.25 bits per heavy atom. The Balaban J connectivity index is 1.67. The third-order valence-corrected chi connectivity index (χ3v) is 5.15. The molecule has 0 unspecified atom stereocenters. The molecule has 5 aromatic rings. The van der Waals surface area contributed by atoms with E-state index < -0.39 is 4.92 Å². The smallest absolute Gasteiger partial charge is 0.280 e. The van der Waals surface area contributed by atoms with Crippen molar-refractivity contribution >= 4 is 5.69 Å². The second-order valence-electron chi connectivity index (χ2n) is 7.16. The summed E-state index contributed by atoms with van der Waals surface area (Å²) in [5, 5.41) is 20.4. The van der Waals surface area contributed by atoms with E-state index in [1.54, 1.807) is 24.3 Å². The summed E-state index contributed by atoms with van der Waals surface area (Å²) in [6.45, 7) is 0. The molecule has 0 fully saturated rings. The van der Waals surface area contributed by atoms with Crippen molar-refractivity contribution in [2.24, 2.45) is 0 Å². The number of nitro benzene ring substituents is 1. The Kier molecular flexibility index (Phi) is 5.01. The summed E-state index contributed by atoms with van der Waals surface area (Å²) in [6.07, 6.45) is 0. The van der Waals surface area contributed by atoms with E-state index in [0.29, 0.717) is 28.5 Å². The lowest BCUT2D eigenvalue weighted by Gasteiger charge is -2.09. The highest BCUT2D eigenvalue weighted by Crippen LogP contribution is 2.37. The third-order valence-electron chi connectivity index (χ3n) is 5.15. The number of aromatic nitrogens is 2. The van der Waals surface area contributed by atoms with Crippen LogP contribution >= 0.6 is 0 Å². The van der Waals surface area contributed by atoms with Crippen LogP contribution < -0.4 is 0 Å². The van der Waals surface area contributed by atoms with Gasteiger partial charge in [0.2, 0.25) is 0 Å². The van der Waals surface area contributed by atoms with Crippen LogP contribution in [-0.2, 0) is 0 Å². The summed E-state index contributed by atoms with van der Waals surface area (Å²) in [5.74, 6) is 0.980. The summed E-state index contributed by atoms with van der Waals surface area (Å²) in [6, 6.07) is 31.5. The van der Waals surface area contributed by atoms with Crippen LogP contribution in [0.5, 0.6) is 0 Å². The number of hydrogen-bond acceptors (Lipinski definition) is 5. The Labute approximate surface area is 184 Å². The molecule has 2 heterocycles. The highest BCUT2D eigenvalue weighted by atomic mass is 16.6. The van der Waals surface area contributed by atoms with Gasteiger partial charge in [-0.15, -0.1) is 10.2 Å². The molecule has 0 spiro atoms. The van der Waals surface area contributed by atoms with Gasteiger partial charge in [0.15, 0.2) is 0 Å². The van der Waals surface area contributed by atoms with Crippen molar-refractivity contribution in [3.8, 4) is 45.2 Å². The fourth-order valence-corrected chi connectivity index (χ4v) is 3.61. The average Bonchev–Trinajstić information content (AvgIpc) is 3.35. The molecule has 0 bridgehead atoms. The fraction of sp³-hybridized carbons (Fsp3) is 0. The summed E-state index contributed by atoms with van der Waals surface area (Å²) < 4.78 is 6.13. The number of rotatable bonds is 5. The molecule has 0 N–H and O–H groups in total. The Morgan fingerprint density at radius 1 is 0.656 bits per heavy atom. The first-order chi connectivity index (χ1) is 15.7. The Hall–Kier alpha value is -4.58. The molecule has 32 heavy (non-hydrogen) atoms. The highest BCUT2D eigenvalue weighted by Gasteiger charge is 2.20. The number of nitrogens with zero attached hydrogens (tertiary/aromatic N) is 3. The number of nitro groups is 1. The average molecular weight is 419 g/mol. The summed E-state index contributed by atoms with van der Waals surface area (Å²) in [4.78, 5) is 11.0. The van der Waals surface area contributed by atoms with Crippen LogP contribution in [0.25, 0.3) is 45.2 Å². The van der Waals surface area contributed by atoms with Crippen LogP contribution in [0.3, 0.4) is 0 Å². The van der Waals surface area contributed by atoms with Gasteiger partial charge in [0.1, 0.15) is 17.2 Å². The number of furan rings is 1. The molecular formula is C26H17N3O3. The number of para-hydroxylation sites is 1. The van der Waals surface area contributed by atoms with Crippen LogP contribution in [-0.4, -0.2) is 15.1 Å². The van der Waals surface area contributed by atoms with Crippen LogP contribution in [0.15, 0.2) is 108 Å². The lowest BCUT2D eigenvalue weighted by molar-refractivity contribution is -0.384. The molecule has 3 aromatic carbocycles. The van der Waals surface area contributed by atoms with Crippen LogP contribution in [0.4, 0.5) is 5.69 Å². The van der Waals surface area contributed by atoms with Gasteiger partial charge < -0.3 is 4.42 Å². The predicted octanol–water partition coefficient (Wildman–Crippen LogP) is 6.65. The van der Waals surface area contributed by atoms with Gasteiger partial charge in [-0.25, -0.2) is 0 Å². The Bertz CT molecular complexity index is 1400. The van der Waals surface area contributed by atoms with Gasteiger partial charge in [-0.1, -0.05) is 72.8 Å². The van der Waals surface area contributed by atoms with Gasteiger partial charge in [-0.05, 0) is 24.3 Å². The summed E-state index contributed by atoms with van der Waals surface area (Å²) in [5.41, 5.74) is 4.40. The molecule has 0 aliphatic heterocycles. The molecule has 0 saturated carbocycles. The summed E-state index contributed by atoms with van der Waals surface area (Å²) in [7, 11) is 0. The van der Waals surface area contributed by atoms with Crippen molar-refractivity contribution in [1.29, 1.82) is 0 Å². The van der Waals surface area contributed by atoms with E-state index in [0.717, 1.165) is 16.7 Å². The molecule has 5 rings (SSSR count). The van der Waals surface area contributed by atoms with Crippen molar-refractivity contribution in [3.05, 3.63) is 113 Å². The van der Waals surface area contributed by atoms with Gasteiger partial charge in [0.25, 0.3) is 5.69 Å². The van der Waals surface area contributed by atoms with E-state index in [2.05, 4.69) is 10.2 Å². The predicted molar refractivity (Wildman–Crippen MR) is 123 cm³/mol. The lowest BCUT2D eigenvalue weighted by Crippen LogP contribution is -1.95. The van der Waals surface area contributed by atoms with Crippen molar-refractivity contribution in [2.75, 3.05) is 0 Å². The minimum atomic E-state index is -0.408. The zero-order chi connectivity index (χ0) is 21.9. The molecule has 2 aromatic heterocycles. The highest BCUT2D eigenvalue weighted by molar-refractivity contribution is 5.82. The quantitative estimate of drug-likeness (QED) is 0.235. The van der Waals surface area contributed by atoms with Gasteiger partial charge in [-0.2, -0.15) is 0 Å². The van der Waals surface area contributed by atoms with Crippen molar-refractivity contribution < 1.29 is 9.34 Å². The van der Waals surface area contributed by atoms with E-state index >= 15 is 0 Å². The van der Waals surface area contributed by atoms with E-state index in [1.165, 1.54) is 6.07 Å². The van der Waals surface area contributed by atoms with Crippen LogP contribution in [0.2, 0.25) is 0 Å². The van der Waals surface area contributed by atoms with Crippen LogP contribution in [0.1, 0.15) is 0 Å². The summed E-state index contributed by atoms with van der Waals surface area (Å²) >= 11 is 0. The maximum atomic E-state index is 11.5. The topological polar surface area (TPSA) is 82.1 Å². The minimum Gasteiger partial charge on any atom is -0.456 e. The van der Waals surface area contributed by atoms with Gasteiger partial charge in [0.05, 0.1) is 16.2 Å². The number of benzene rings is 3.